The Morgan fingerprint density at radius 1 is 0.640 bits per heavy atom. The van der Waals surface area contributed by atoms with E-state index in [9.17, 15) is 9.59 Å². The van der Waals surface area contributed by atoms with E-state index in [1.54, 1.807) is 48.8 Å². The zero-order chi connectivity index (χ0) is 17.1. The number of halogens is 2. The van der Waals surface area contributed by atoms with Gasteiger partial charge in [-0.1, -0.05) is 23.2 Å². The fraction of sp³-hybridized carbons (Fsp3) is 0. The second-order valence-corrected chi connectivity index (χ2v) is 5.94. The molecule has 4 rings (SSSR count). The molecule has 0 spiro atoms. The van der Waals surface area contributed by atoms with Gasteiger partial charge in [-0.05, 0) is 36.4 Å². The first kappa shape index (κ1) is 18.7. The lowest BCUT2D eigenvalue weighted by Crippen LogP contribution is -1.99. The smallest absolute Gasteiger partial charge is 0.189 e. The van der Waals surface area contributed by atoms with Crippen LogP contribution in [0.5, 0.6) is 0 Å². The van der Waals surface area contributed by atoms with Gasteiger partial charge < -0.3 is 15.4 Å². The maximum atomic E-state index is 11.3. The molecule has 25 heavy (non-hydrogen) atoms. The van der Waals surface area contributed by atoms with Crippen molar-refractivity contribution in [2.24, 2.45) is 0 Å². The van der Waals surface area contributed by atoms with E-state index in [2.05, 4.69) is 9.97 Å². The van der Waals surface area contributed by atoms with Crippen LogP contribution in [0.1, 0.15) is 0 Å². The Labute approximate surface area is 152 Å². The molecule has 128 valence electrons. The molecule has 2 aromatic heterocycles. The summed E-state index contributed by atoms with van der Waals surface area (Å²) in [6.45, 7) is 0. The zero-order valence-electron chi connectivity index (χ0n) is 12.8. The minimum absolute atomic E-state index is 0. The molecule has 0 amide bonds. The van der Waals surface area contributed by atoms with Crippen LogP contribution in [0.25, 0.3) is 21.8 Å². The van der Waals surface area contributed by atoms with Gasteiger partial charge in [-0.15, -0.1) is 0 Å². The Kier molecular flexibility index (Phi) is 5.98. The quantitative estimate of drug-likeness (QED) is 0.490. The van der Waals surface area contributed by atoms with E-state index >= 15 is 0 Å². The van der Waals surface area contributed by atoms with E-state index in [0.717, 1.165) is 11.0 Å². The molecule has 4 N–H and O–H groups in total. The number of hydrogen-bond donors (Lipinski definition) is 2. The van der Waals surface area contributed by atoms with Gasteiger partial charge in [0.2, 0.25) is 0 Å². The molecule has 0 saturated heterocycles. The van der Waals surface area contributed by atoms with Crippen LogP contribution in [0, 0.1) is 0 Å². The molecular weight excluding hydrogens is 363 g/mol. The van der Waals surface area contributed by atoms with Gasteiger partial charge in [-0.2, -0.15) is 0 Å². The fourth-order valence-electron chi connectivity index (χ4n) is 2.29. The zero-order valence-corrected chi connectivity index (χ0v) is 14.4. The lowest BCUT2D eigenvalue weighted by Gasteiger charge is -1.95. The summed E-state index contributed by atoms with van der Waals surface area (Å²) in [5.41, 5.74) is 1.61. The Hall–Kier alpha value is -2.60. The summed E-state index contributed by atoms with van der Waals surface area (Å²) in [6.07, 6.45) is 3.25. The topological polar surface area (TPSA) is 97.2 Å². The Bertz CT molecular complexity index is 1040. The largest absolute Gasteiger partial charge is 0.412 e. The van der Waals surface area contributed by atoms with Gasteiger partial charge in [0.05, 0.1) is 0 Å². The van der Waals surface area contributed by atoms with Crippen LogP contribution in [0.3, 0.4) is 0 Å². The molecule has 0 atom stereocenters. The summed E-state index contributed by atoms with van der Waals surface area (Å²) in [5, 5.41) is 2.42. The van der Waals surface area contributed by atoms with Crippen LogP contribution in [0.2, 0.25) is 10.0 Å². The van der Waals surface area contributed by atoms with E-state index in [0.29, 0.717) is 20.8 Å². The van der Waals surface area contributed by atoms with Gasteiger partial charge in [-0.25, -0.2) is 0 Å². The number of fused-ring (bicyclic) bond motifs is 2. The first-order valence-electron chi connectivity index (χ1n) is 7.08. The summed E-state index contributed by atoms with van der Waals surface area (Å²) in [7, 11) is 0. The van der Waals surface area contributed by atoms with Gasteiger partial charge >= 0.3 is 0 Å². The number of aromatic nitrogens is 2. The van der Waals surface area contributed by atoms with Crippen LogP contribution in [-0.4, -0.2) is 15.4 Å². The number of rotatable bonds is 0. The molecule has 0 unspecified atom stereocenters. The number of benzene rings is 2. The lowest BCUT2D eigenvalue weighted by atomic mass is 10.2. The molecule has 0 aliphatic rings. The van der Waals surface area contributed by atoms with Crippen LogP contribution >= 0.6 is 23.2 Å². The minimum Gasteiger partial charge on any atom is -0.412 e. The molecule has 5 nitrogen and oxygen atoms in total. The fourth-order valence-corrected chi connectivity index (χ4v) is 2.63. The molecule has 0 fully saturated rings. The molecule has 7 heteroatoms. The summed E-state index contributed by atoms with van der Waals surface area (Å²) in [4.78, 5) is 28.4. The van der Waals surface area contributed by atoms with Crippen molar-refractivity contribution in [1.82, 2.24) is 9.97 Å². The normalized spacial score (nSPS) is 10.0. The first-order chi connectivity index (χ1) is 11.5. The Morgan fingerprint density at radius 2 is 1.04 bits per heavy atom. The lowest BCUT2D eigenvalue weighted by molar-refractivity contribution is 0.824. The van der Waals surface area contributed by atoms with Crippen molar-refractivity contribution in [3.63, 3.8) is 0 Å². The van der Waals surface area contributed by atoms with Crippen LogP contribution in [0.15, 0.2) is 70.5 Å². The average molecular weight is 377 g/mol. The monoisotopic (exact) mass is 376 g/mol. The third-order valence-corrected chi connectivity index (χ3v) is 3.91. The third kappa shape index (κ3) is 4.28. The Balaban J connectivity index is 0.000000173. The van der Waals surface area contributed by atoms with Crippen molar-refractivity contribution >= 4 is 45.0 Å². The number of hydrogen-bond acceptors (Lipinski definition) is 2. The van der Waals surface area contributed by atoms with Gasteiger partial charge in [0.15, 0.2) is 10.9 Å². The highest BCUT2D eigenvalue weighted by atomic mass is 35.5. The van der Waals surface area contributed by atoms with Crippen molar-refractivity contribution < 1.29 is 5.48 Å². The van der Waals surface area contributed by atoms with E-state index in [-0.39, 0.29) is 16.3 Å². The number of pyridine rings is 2. The van der Waals surface area contributed by atoms with Crippen molar-refractivity contribution in [2.45, 2.75) is 0 Å². The van der Waals surface area contributed by atoms with Gasteiger partial charge in [-0.3, -0.25) is 9.59 Å². The number of aromatic amines is 2. The van der Waals surface area contributed by atoms with Gasteiger partial charge in [0.25, 0.3) is 0 Å². The molecular formula is C18H14Cl2N2O3. The maximum Gasteiger partial charge on any atom is 0.189 e. The molecule has 0 radical (unpaired) electrons. The molecule has 0 aliphatic heterocycles. The molecule has 0 saturated carbocycles. The highest BCUT2D eigenvalue weighted by molar-refractivity contribution is 6.31. The first-order valence-corrected chi connectivity index (χ1v) is 7.84. The van der Waals surface area contributed by atoms with Crippen LogP contribution < -0.4 is 10.9 Å². The predicted octanol–water partition coefficient (Wildman–Crippen LogP) is 3.54. The highest BCUT2D eigenvalue weighted by Crippen LogP contribution is 2.14. The summed E-state index contributed by atoms with van der Waals surface area (Å²) >= 11 is 11.5. The third-order valence-electron chi connectivity index (χ3n) is 3.44. The SMILES string of the molecule is O.O=c1cc[nH]c2ccc(Cl)cc12.O=c1cc[nH]c2ccc(Cl)cc12. The van der Waals surface area contributed by atoms with E-state index in [1.165, 1.54) is 12.1 Å². The van der Waals surface area contributed by atoms with E-state index in [4.69, 9.17) is 23.2 Å². The van der Waals surface area contributed by atoms with E-state index in [1.807, 2.05) is 0 Å². The van der Waals surface area contributed by atoms with Crippen molar-refractivity contribution in [2.75, 3.05) is 0 Å². The summed E-state index contributed by atoms with van der Waals surface area (Å²) in [5.74, 6) is 0. The number of nitrogens with one attached hydrogen (secondary N) is 2. The molecule has 0 aliphatic carbocycles. The molecule has 0 bridgehead atoms. The van der Waals surface area contributed by atoms with Crippen LogP contribution in [0.4, 0.5) is 0 Å². The second-order valence-electron chi connectivity index (χ2n) is 5.06. The highest BCUT2D eigenvalue weighted by Gasteiger charge is 1.97. The standard InChI is InChI=1S/2C9H6ClNO.H2O/c2*10-6-1-2-8-7(5-6)9(12)3-4-11-8;/h2*1-5H,(H,11,12);1H2. The van der Waals surface area contributed by atoms with Crippen molar-refractivity contribution in [3.8, 4) is 0 Å². The Morgan fingerprint density at radius 3 is 1.44 bits per heavy atom. The minimum atomic E-state index is -0.00810. The molecule has 4 aromatic rings. The average Bonchev–Trinajstić information content (AvgIpc) is 2.57. The van der Waals surface area contributed by atoms with Crippen LogP contribution in [-0.2, 0) is 0 Å². The maximum absolute atomic E-state index is 11.3. The summed E-state index contributed by atoms with van der Waals surface area (Å²) < 4.78 is 0. The predicted molar refractivity (Wildman–Crippen MR) is 103 cm³/mol. The van der Waals surface area contributed by atoms with Crippen molar-refractivity contribution in [1.29, 1.82) is 0 Å². The van der Waals surface area contributed by atoms with Gasteiger partial charge in [0, 0.05) is 56.4 Å². The number of H-pyrrole nitrogens is 2. The van der Waals surface area contributed by atoms with Crippen molar-refractivity contribution in [3.05, 3.63) is 91.4 Å². The van der Waals surface area contributed by atoms with Gasteiger partial charge in [0.1, 0.15) is 0 Å². The molecule has 2 heterocycles. The second kappa shape index (κ2) is 7.98. The van der Waals surface area contributed by atoms with E-state index < -0.39 is 0 Å². The summed E-state index contributed by atoms with van der Waals surface area (Å²) in [6, 6.07) is 13.4. The molecule has 2 aromatic carbocycles.